The predicted molar refractivity (Wildman–Crippen MR) is 139 cm³/mol. The zero-order chi connectivity index (χ0) is 25.1. The summed E-state index contributed by atoms with van der Waals surface area (Å²) in [5.74, 6) is 1.49. The lowest BCUT2D eigenvalue weighted by molar-refractivity contribution is 0.0991. The minimum absolute atomic E-state index is 0.0245. The zero-order valence-corrected chi connectivity index (χ0v) is 20.7. The molecule has 1 N–H and O–H groups in total. The number of hydrogen-bond donors (Lipinski definition) is 1. The van der Waals surface area contributed by atoms with Crippen molar-refractivity contribution in [1.82, 2.24) is 25.1 Å². The highest BCUT2D eigenvalue weighted by atomic mass is 16.5. The van der Waals surface area contributed by atoms with Crippen molar-refractivity contribution in [2.45, 2.75) is 32.7 Å². The highest BCUT2D eigenvalue weighted by molar-refractivity contribution is 5.98. The molecule has 1 aromatic carbocycles. The number of Topliss-reactive ketones (excluding diaryl/α,β-unsaturated/α-hetero) is 1. The molecule has 0 radical (unpaired) electrons. The van der Waals surface area contributed by atoms with Crippen molar-refractivity contribution >= 4 is 28.3 Å². The molecule has 0 aliphatic carbocycles. The molecular weight excluding hydrogens is 454 g/mol. The fourth-order valence-corrected chi connectivity index (χ4v) is 4.11. The number of aromatic nitrogens is 5. The van der Waals surface area contributed by atoms with Gasteiger partial charge in [0.2, 0.25) is 0 Å². The second kappa shape index (κ2) is 9.94. The molecule has 9 nitrogen and oxygen atoms in total. The van der Waals surface area contributed by atoms with Gasteiger partial charge in [0.25, 0.3) is 0 Å². The number of carbonyl (C=O) groups is 1. The first kappa shape index (κ1) is 23.7. The van der Waals surface area contributed by atoms with Crippen molar-refractivity contribution in [2.75, 3.05) is 36.5 Å². The summed E-state index contributed by atoms with van der Waals surface area (Å²) in [6.07, 6.45) is 5.29. The van der Waals surface area contributed by atoms with Crippen molar-refractivity contribution < 1.29 is 9.53 Å². The van der Waals surface area contributed by atoms with Gasteiger partial charge in [-0.25, -0.2) is 9.97 Å². The van der Waals surface area contributed by atoms with E-state index in [0.717, 1.165) is 41.1 Å². The first-order valence-corrected chi connectivity index (χ1v) is 12.0. The number of fused-ring (bicyclic) bond motifs is 1. The maximum absolute atomic E-state index is 13.1. The van der Waals surface area contributed by atoms with Crippen LogP contribution in [0.5, 0.6) is 0 Å². The van der Waals surface area contributed by atoms with Crippen LogP contribution >= 0.6 is 0 Å². The molecular formula is C27H29N7O2. The number of rotatable bonds is 6. The lowest BCUT2D eigenvalue weighted by atomic mass is 10.0. The summed E-state index contributed by atoms with van der Waals surface area (Å²) < 4.78 is 5.41. The molecule has 1 aliphatic heterocycles. The van der Waals surface area contributed by atoms with Gasteiger partial charge in [0.05, 0.1) is 48.9 Å². The van der Waals surface area contributed by atoms with Gasteiger partial charge in [-0.1, -0.05) is 6.07 Å². The Kier molecular flexibility index (Phi) is 6.56. The van der Waals surface area contributed by atoms with Gasteiger partial charge in [-0.3, -0.25) is 9.78 Å². The smallest absolute Gasteiger partial charge is 0.169 e. The van der Waals surface area contributed by atoms with Crippen LogP contribution in [0.3, 0.4) is 0 Å². The summed E-state index contributed by atoms with van der Waals surface area (Å²) in [4.78, 5) is 28.7. The van der Waals surface area contributed by atoms with E-state index >= 15 is 0 Å². The molecule has 3 aromatic heterocycles. The van der Waals surface area contributed by atoms with Crippen LogP contribution < -0.4 is 10.2 Å². The van der Waals surface area contributed by atoms with E-state index in [0.29, 0.717) is 30.3 Å². The largest absolute Gasteiger partial charge is 0.378 e. The molecule has 0 amide bonds. The molecule has 0 unspecified atom stereocenters. The number of pyridine rings is 1. The molecule has 1 fully saturated rings. The summed E-state index contributed by atoms with van der Waals surface area (Å²) in [6.45, 7) is 9.09. The Balaban J connectivity index is 1.36. The Morgan fingerprint density at radius 1 is 1.06 bits per heavy atom. The molecule has 0 saturated carbocycles. The molecule has 0 atom stereocenters. The third-order valence-corrected chi connectivity index (χ3v) is 5.81. The van der Waals surface area contributed by atoms with Gasteiger partial charge in [0.1, 0.15) is 11.6 Å². The van der Waals surface area contributed by atoms with Gasteiger partial charge in [-0.05, 0) is 51.1 Å². The van der Waals surface area contributed by atoms with E-state index in [4.69, 9.17) is 9.72 Å². The Bertz CT molecular complexity index is 1390. The fraction of sp³-hybridized carbons (Fsp3) is 0.333. The van der Waals surface area contributed by atoms with Gasteiger partial charge in [0, 0.05) is 41.3 Å². The summed E-state index contributed by atoms with van der Waals surface area (Å²) in [6, 6.07) is 11.4. The quantitative estimate of drug-likeness (QED) is 0.408. The van der Waals surface area contributed by atoms with Crippen molar-refractivity contribution in [2.24, 2.45) is 0 Å². The second-order valence-electron chi connectivity index (χ2n) is 9.88. The maximum atomic E-state index is 13.1. The number of benzene rings is 1. The Hall–Kier alpha value is -3.98. The van der Waals surface area contributed by atoms with E-state index in [1.807, 2.05) is 30.3 Å². The molecule has 184 valence electrons. The highest BCUT2D eigenvalue weighted by Gasteiger charge is 2.16. The van der Waals surface area contributed by atoms with E-state index in [-0.39, 0.29) is 17.7 Å². The third kappa shape index (κ3) is 5.63. The van der Waals surface area contributed by atoms with E-state index in [2.05, 4.69) is 51.2 Å². The Morgan fingerprint density at radius 2 is 1.89 bits per heavy atom. The summed E-state index contributed by atoms with van der Waals surface area (Å²) in [5, 5.41) is 12.9. The van der Waals surface area contributed by atoms with Crippen LogP contribution in [0.1, 0.15) is 36.8 Å². The van der Waals surface area contributed by atoms with Gasteiger partial charge < -0.3 is 15.0 Å². The lowest BCUT2D eigenvalue weighted by Gasteiger charge is -2.27. The van der Waals surface area contributed by atoms with Crippen molar-refractivity contribution in [3.8, 4) is 11.3 Å². The highest BCUT2D eigenvalue weighted by Crippen LogP contribution is 2.24. The number of hydrogen-bond acceptors (Lipinski definition) is 9. The van der Waals surface area contributed by atoms with Crippen LogP contribution in [-0.4, -0.2) is 62.8 Å². The summed E-state index contributed by atoms with van der Waals surface area (Å²) in [7, 11) is 0. The average molecular weight is 484 g/mol. The van der Waals surface area contributed by atoms with Crippen LogP contribution in [0.4, 0.5) is 11.6 Å². The molecule has 9 heteroatoms. The number of ketones is 1. The van der Waals surface area contributed by atoms with Gasteiger partial charge >= 0.3 is 0 Å². The first-order valence-electron chi connectivity index (χ1n) is 12.0. The monoisotopic (exact) mass is 483 g/mol. The van der Waals surface area contributed by atoms with Crippen LogP contribution in [0.15, 0.2) is 55.0 Å². The van der Waals surface area contributed by atoms with E-state index in [1.54, 1.807) is 24.7 Å². The van der Waals surface area contributed by atoms with Crippen LogP contribution in [0.2, 0.25) is 0 Å². The van der Waals surface area contributed by atoms with Crippen LogP contribution in [0.25, 0.3) is 22.2 Å². The van der Waals surface area contributed by atoms with Gasteiger partial charge in [-0.15, -0.1) is 0 Å². The SMILES string of the molecule is CC(C)(C)Nc1cncc(-c2ccc3nnc(CC(=O)c4ccnc(N5CCOCC5)c4)cc3c2)n1. The first-order chi connectivity index (χ1) is 17.3. The van der Waals surface area contributed by atoms with Crippen molar-refractivity contribution in [3.05, 3.63) is 66.2 Å². The van der Waals surface area contributed by atoms with Crippen molar-refractivity contribution in [1.29, 1.82) is 0 Å². The normalized spacial score (nSPS) is 14.1. The second-order valence-corrected chi connectivity index (χ2v) is 9.88. The van der Waals surface area contributed by atoms with Crippen molar-refractivity contribution in [3.63, 3.8) is 0 Å². The maximum Gasteiger partial charge on any atom is 0.169 e. The van der Waals surface area contributed by atoms with Gasteiger partial charge in [-0.2, -0.15) is 10.2 Å². The number of ether oxygens (including phenoxy) is 1. The summed E-state index contributed by atoms with van der Waals surface area (Å²) >= 11 is 0. The van der Waals surface area contributed by atoms with E-state index in [9.17, 15) is 4.79 Å². The van der Waals surface area contributed by atoms with Crippen LogP contribution in [0, 0.1) is 0 Å². The summed E-state index contributed by atoms with van der Waals surface area (Å²) in [5.41, 5.74) is 3.54. The Labute approximate surface area is 210 Å². The van der Waals surface area contributed by atoms with E-state index < -0.39 is 0 Å². The third-order valence-electron chi connectivity index (χ3n) is 5.81. The number of nitrogens with zero attached hydrogens (tertiary/aromatic N) is 6. The number of nitrogens with one attached hydrogen (secondary N) is 1. The molecule has 1 saturated heterocycles. The molecule has 5 rings (SSSR count). The molecule has 1 aliphatic rings. The standard InChI is InChI=1S/C27H29N7O2/c1-27(2,3)31-25-17-28-16-23(30-25)18-4-5-22-20(12-18)13-21(32-33-22)15-24(35)19-6-7-29-26(14-19)34-8-10-36-11-9-34/h4-7,12-14,16-17H,8-11,15H2,1-3H3,(H,30,31). The Morgan fingerprint density at radius 3 is 2.69 bits per heavy atom. The number of anilines is 2. The molecule has 36 heavy (non-hydrogen) atoms. The lowest BCUT2D eigenvalue weighted by Crippen LogP contribution is -2.36. The predicted octanol–water partition coefficient (Wildman–Crippen LogP) is 3.95. The molecule has 4 heterocycles. The minimum atomic E-state index is -0.120. The number of carbonyl (C=O) groups excluding carboxylic acids is 1. The van der Waals surface area contributed by atoms with E-state index in [1.165, 1.54) is 0 Å². The topological polar surface area (TPSA) is 106 Å². The number of morpholine rings is 1. The van der Waals surface area contributed by atoms with Crippen LogP contribution in [-0.2, 0) is 11.2 Å². The molecule has 0 bridgehead atoms. The zero-order valence-electron chi connectivity index (χ0n) is 20.7. The average Bonchev–Trinajstić information content (AvgIpc) is 2.88. The fourth-order valence-electron chi connectivity index (χ4n) is 4.11. The minimum Gasteiger partial charge on any atom is -0.378 e. The molecule has 4 aromatic rings. The molecule has 0 spiro atoms. The van der Waals surface area contributed by atoms with Gasteiger partial charge in [0.15, 0.2) is 5.78 Å².